The van der Waals surface area contributed by atoms with Crippen LogP contribution in [-0.4, -0.2) is 25.6 Å². The molecular weight excluding hydrogens is 156 g/mol. The van der Waals surface area contributed by atoms with Crippen LogP contribution in [0, 0.1) is 0 Å². The maximum Gasteiger partial charge on any atom is 0.319 e. The second-order valence-corrected chi connectivity index (χ2v) is 3.65. The summed E-state index contributed by atoms with van der Waals surface area (Å²) in [5, 5.41) is 6.97. The van der Waals surface area contributed by atoms with Crippen LogP contribution in [0.5, 0.6) is 0 Å². The number of hydrogen-bond acceptors (Lipinski definition) is 3. The highest BCUT2D eigenvalue weighted by molar-refractivity contribution is 8.01. The zero-order chi connectivity index (χ0) is 7.72. The van der Waals surface area contributed by atoms with Gasteiger partial charge in [-0.3, -0.25) is 13.8 Å². The molecule has 4 nitrogen and oxygen atoms in total. The van der Waals surface area contributed by atoms with Crippen LogP contribution in [0.15, 0.2) is 0 Å². The van der Waals surface area contributed by atoms with Crippen LogP contribution < -0.4 is 0 Å². The SMILES string of the molecule is O=C(O)C1CCC(=O)S1=O. The predicted molar refractivity (Wildman–Crippen MR) is 33.8 cm³/mol. The summed E-state index contributed by atoms with van der Waals surface area (Å²) in [6.07, 6.45) is 0.365. The molecule has 0 saturated carbocycles. The first-order valence-corrected chi connectivity index (χ1v) is 4.00. The molecule has 0 spiro atoms. The van der Waals surface area contributed by atoms with Crippen LogP contribution in [0.4, 0.5) is 0 Å². The van der Waals surface area contributed by atoms with Gasteiger partial charge in [-0.05, 0) is 6.42 Å². The number of hydrogen-bond donors (Lipinski definition) is 1. The fourth-order valence-corrected chi connectivity index (χ4v) is 1.98. The van der Waals surface area contributed by atoms with E-state index in [1.807, 2.05) is 0 Å². The average molecular weight is 162 g/mol. The molecule has 5 heteroatoms. The van der Waals surface area contributed by atoms with Gasteiger partial charge in [-0.25, -0.2) is 0 Å². The molecule has 0 aromatic carbocycles. The Morgan fingerprint density at radius 2 is 2.30 bits per heavy atom. The minimum Gasteiger partial charge on any atom is -0.480 e. The first-order chi connectivity index (χ1) is 4.63. The maximum atomic E-state index is 10.7. The van der Waals surface area contributed by atoms with Gasteiger partial charge in [-0.15, -0.1) is 0 Å². The van der Waals surface area contributed by atoms with Crippen molar-refractivity contribution in [2.75, 3.05) is 0 Å². The topological polar surface area (TPSA) is 71.4 Å². The van der Waals surface area contributed by atoms with Gasteiger partial charge < -0.3 is 5.11 Å². The zero-order valence-electron chi connectivity index (χ0n) is 5.07. The molecule has 0 aromatic rings. The van der Waals surface area contributed by atoms with Gasteiger partial charge in [0.25, 0.3) is 0 Å². The molecule has 0 amide bonds. The van der Waals surface area contributed by atoms with Crippen molar-refractivity contribution in [2.45, 2.75) is 18.1 Å². The van der Waals surface area contributed by atoms with Crippen molar-refractivity contribution in [1.29, 1.82) is 0 Å². The van der Waals surface area contributed by atoms with Crippen LogP contribution in [0.3, 0.4) is 0 Å². The van der Waals surface area contributed by atoms with E-state index in [1.165, 1.54) is 0 Å². The minimum absolute atomic E-state index is 0.142. The first-order valence-electron chi connectivity index (χ1n) is 2.79. The number of aliphatic carboxylic acids is 1. The molecule has 0 aromatic heterocycles. The summed E-state index contributed by atoms with van der Waals surface area (Å²) >= 11 is 0. The second-order valence-electron chi connectivity index (χ2n) is 2.03. The van der Waals surface area contributed by atoms with Crippen molar-refractivity contribution in [2.24, 2.45) is 0 Å². The zero-order valence-corrected chi connectivity index (χ0v) is 5.89. The Morgan fingerprint density at radius 3 is 2.50 bits per heavy atom. The lowest BCUT2D eigenvalue weighted by Gasteiger charge is -1.96. The van der Waals surface area contributed by atoms with Crippen LogP contribution in [-0.2, 0) is 20.4 Å². The summed E-state index contributed by atoms with van der Waals surface area (Å²) in [6, 6.07) is 0. The van der Waals surface area contributed by atoms with Crippen molar-refractivity contribution in [3.05, 3.63) is 0 Å². The van der Waals surface area contributed by atoms with Crippen LogP contribution in [0.1, 0.15) is 12.8 Å². The van der Waals surface area contributed by atoms with Gasteiger partial charge in [0.2, 0.25) is 5.12 Å². The van der Waals surface area contributed by atoms with Crippen molar-refractivity contribution in [1.82, 2.24) is 0 Å². The number of carboxylic acids is 1. The highest BCUT2D eigenvalue weighted by atomic mass is 32.2. The molecule has 1 heterocycles. The number of carbonyl (C=O) groups is 2. The Morgan fingerprint density at radius 1 is 1.70 bits per heavy atom. The molecule has 1 aliphatic rings. The van der Waals surface area contributed by atoms with Gasteiger partial charge >= 0.3 is 5.97 Å². The number of carboxylic acid groups (broad SMARTS) is 1. The van der Waals surface area contributed by atoms with Gasteiger partial charge in [-0.2, -0.15) is 0 Å². The molecule has 1 N–H and O–H groups in total. The lowest BCUT2D eigenvalue weighted by Crippen LogP contribution is -2.21. The third-order valence-electron chi connectivity index (χ3n) is 1.37. The van der Waals surface area contributed by atoms with Crippen LogP contribution >= 0.6 is 0 Å². The summed E-state index contributed by atoms with van der Waals surface area (Å²) in [4.78, 5) is 20.7. The molecular formula is C5H6O4S. The van der Waals surface area contributed by atoms with Crippen molar-refractivity contribution in [3.63, 3.8) is 0 Å². The number of carbonyl (C=O) groups excluding carboxylic acids is 1. The largest absolute Gasteiger partial charge is 0.480 e. The Labute approximate surface area is 59.7 Å². The van der Waals surface area contributed by atoms with Crippen molar-refractivity contribution < 1.29 is 18.9 Å². The van der Waals surface area contributed by atoms with Crippen molar-refractivity contribution >= 4 is 21.9 Å². The lowest BCUT2D eigenvalue weighted by atomic mass is 10.2. The lowest BCUT2D eigenvalue weighted by molar-refractivity contribution is -0.136. The third kappa shape index (κ3) is 1.09. The smallest absolute Gasteiger partial charge is 0.319 e. The Kier molecular flexibility index (Phi) is 1.85. The highest BCUT2D eigenvalue weighted by Crippen LogP contribution is 2.17. The molecule has 0 radical (unpaired) electrons. The summed E-state index contributed by atoms with van der Waals surface area (Å²) in [5.74, 6) is -1.14. The van der Waals surface area contributed by atoms with Gasteiger partial charge in [0, 0.05) is 6.42 Å². The minimum atomic E-state index is -1.77. The molecule has 2 unspecified atom stereocenters. The summed E-state index contributed by atoms with van der Waals surface area (Å²) in [7, 11) is -1.77. The van der Waals surface area contributed by atoms with E-state index < -0.39 is 27.1 Å². The van der Waals surface area contributed by atoms with Crippen molar-refractivity contribution in [3.8, 4) is 0 Å². The molecule has 1 rings (SSSR count). The molecule has 0 aliphatic carbocycles. The Bertz CT molecular complexity index is 210. The average Bonchev–Trinajstić information content (AvgIpc) is 2.14. The molecule has 56 valence electrons. The van der Waals surface area contributed by atoms with E-state index in [4.69, 9.17) is 5.11 Å². The normalized spacial score (nSPS) is 32.6. The van der Waals surface area contributed by atoms with E-state index in [0.29, 0.717) is 0 Å². The maximum absolute atomic E-state index is 10.7. The van der Waals surface area contributed by atoms with E-state index in [0.717, 1.165) is 0 Å². The van der Waals surface area contributed by atoms with E-state index in [1.54, 1.807) is 0 Å². The van der Waals surface area contributed by atoms with Gasteiger partial charge in [0.15, 0.2) is 0 Å². The van der Waals surface area contributed by atoms with E-state index >= 15 is 0 Å². The summed E-state index contributed by atoms with van der Waals surface area (Å²) in [6.45, 7) is 0. The molecule has 1 fully saturated rings. The van der Waals surface area contributed by atoms with Gasteiger partial charge in [0.05, 0.1) is 0 Å². The highest BCUT2D eigenvalue weighted by Gasteiger charge is 2.36. The molecule has 2 atom stereocenters. The fourth-order valence-electron chi connectivity index (χ4n) is 0.830. The van der Waals surface area contributed by atoms with E-state index in [-0.39, 0.29) is 12.8 Å². The second kappa shape index (κ2) is 2.49. The summed E-state index contributed by atoms with van der Waals surface area (Å²) in [5.41, 5.74) is 0. The van der Waals surface area contributed by atoms with Crippen LogP contribution in [0.25, 0.3) is 0 Å². The summed E-state index contributed by atoms with van der Waals surface area (Å²) < 4.78 is 10.7. The number of rotatable bonds is 1. The van der Waals surface area contributed by atoms with E-state index in [9.17, 15) is 13.8 Å². The predicted octanol–water partition coefficient (Wildman–Crippen LogP) is -0.491. The monoisotopic (exact) mass is 162 g/mol. The third-order valence-corrected chi connectivity index (χ3v) is 2.98. The molecule has 1 aliphatic heterocycles. The van der Waals surface area contributed by atoms with Gasteiger partial charge in [-0.1, -0.05) is 0 Å². The first kappa shape index (κ1) is 7.40. The van der Waals surface area contributed by atoms with Crippen LogP contribution in [0.2, 0.25) is 0 Å². The van der Waals surface area contributed by atoms with E-state index in [2.05, 4.69) is 0 Å². The van der Waals surface area contributed by atoms with Gasteiger partial charge in [0.1, 0.15) is 16.0 Å². The Hall–Kier alpha value is -0.710. The molecule has 10 heavy (non-hydrogen) atoms. The Balaban J connectivity index is 2.76. The fraction of sp³-hybridized carbons (Fsp3) is 0.600. The molecule has 0 bridgehead atoms. The molecule has 1 saturated heterocycles. The standard InChI is InChI=1S/C5H6O4S/c6-4-2-1-3(5(7)8)10(4)9/h3H,1-2H2,(H,7,8). The quantitative estimate of drug-likeness (QED) is 0.564.